The molecule has 0 rings (SSSR count). The Kier molecular flexibility index (Phi) is 7.40. The summed E-state index contributed by atoms with van der Waals surface area (Å²) in [7, 11) is 0. The van der Waals surface area contributed by atoms with Crippen molar-refractivity contribution in [3.63, 3.8) is 0 Å². The Morgan fingerprint density at radius 1 is 1.44 bits per heavy atom. The van der Waals surface area contributed by atoms with Crippen LogP contribution in [0.2, 0.25) is 0 Å². The Balaban J connectivity index is 3.72. The number of aliphatic hydroxyl groups is 1. The molecule has 0 fully saturated rings. The fourth-order valence-electron chi connectivity index (χ4n) is 1.22. The van der Waals surface area contributed by atoms with E-state index in [0.29, 0.717) is 13.2 Å². The Labute approximate surface area is 99.6 Å². The topological polar surface area (TPSA) is 41.5 Å². The van der Waals surface area contributed by atoms with E-state index in [-0.39, 0.29) is 11.6 Å². The van der Waals surface area contributed by atoms with Crippen LogP contribution in [0.25, 0.3) is 0 Å². The van der Waals surface area contributed by atoms with Crippen molar-refractivity contribution in [2.75, 3.05) is 13.2 Å². The molecule has 0 heterocycles. The van der Waals surface area contributed by atoms with E-state index in [1.807, 2.05) is 20.8 Å². The molecule has 0 aliphatic carbocycles. The van der Waals surface area contributed by atoms with E-state index >= 15 is 0 Å². The molecule has 2 atom stereocenters. The monoisotopic (exact) mass is 227 g/mol. The van der Waals surface area contributed by atoms with E-state index in [1.165, 1.54) is 0 Å². The molecule has 0 saturated carbocycles. The predicted octanol–water partition coefficient (Wildman–Crippen LogP) is 1.55. The van der Waals surface area contributed by atoms with Crippen LogP contribution < -0.4 is 5.32 Å². The maximum absolute atomic E-state index is 9.67. The summed E-state index contributed by atoms with van der Waals surface area (Å²) < 4.78 is 5.48. The fourth-order valence-corrected chi connectivity index (χ4v) is 1.22. The second kappa shape index (κ2) is 7.67. The van der Waals surface area contributed by atoms with Crippen LogP contribution in [-0.2, 0) is 4.74 Å². The molecule has 0 aromatic rings. The highest BCUT2D eigenvalue weighted by Gasteiger charge is 2.14. The van der Waals surface area contributed by atoms with Gasteiger partial charge < -0.3 is 15.2 Å². The van der Waals surface area contributed by atoms with Gasteiger partial charge in [0.05, 0.1) is 24.4 Å². The molecule has 0 bridgehead atoms. The van der Waals surface area contributed by atoms with Gasteiger partial charge >= 0.3 is 0 Å². The highest BCUT2D eigenvalue weighted by molar-refractivity contribution is 4.98. The highest BCUT2D eigenvalue weighted by Crippen LogP contribution is 2.06. The number of nitrogens with one attached hydrogen (secondary N) is 1. The van der Waals surface area contributed by atoms with Gasteiger partial charge in [-0.15, -0.1) is 6.42 Å². The van der Waals surface area contributed by atoms with Gasteiger partial charge in [-0.05, 0) is 27.2 Å². The number of rotatable bonds is 7. The van der Waals surface area contributed by atoms with Crippen LogP contribution in [0, 0.1) is 12.3 Å². The Bertz CT molecular complexity index is 215. The molecule has 0 aromatic carbocycles. The summed E-state index contributed by atoms with van der Waals surface area (Å²) in [5, 5.41) is 12.8. The van der Waals surface area contributed by atoms with Crippen LogP contribution in [0.4, 0.5) is 0 Å². The smallest absolute Gasteiger partial charge is 0.0898 e. The summed E-state index contributed by atoms with van der Waals surface area (Å²) in [6, 6.07) is 0.0503. The van der Waals surface area contributed by atoms with Crippen molar-refractivity contribution >= 4 is 0 Å². The Hall–Kier alpha value is -0.560. The molecule has 16 heavy (non-hydrogen) atoms. The molecule has 0 radical (unpaired) electrons. The Morgan fingerprint density at radius 2 is 2.06 bits per heavy atom. The van der Waals surface area contributed by atoms with E-state index in [9.17, 15) is 5.11 Å². The zero-order valence-corrected chi connectivity index (χ0v) is 10.9. The first-order valence-corrected chi connectivity index (χ1v) is 5.90. The van der Waals surface area contributed by atoms with Gasteiger partial charge in [0.1, 0.15) is 0 Å². The largest absolute Gasteiger partial charge is 0.389 e. The minimum Gasteiger partial charge on any atom is -0.389 e. The SMILES string of the molecule is C#CC(CCC)NCC(O)COC(C)(C)C. The van der Waals surface area contributed by atoms with Crippen molar-refractivity contribution < 1.29 is 9.84 Å². The van der Waals surface area contributed by atoms with E-state index in [4.69, 9.17) is 11.2 Å². The molecule has 0 aliphatic rings. The highest BCUT2D eigenvalue weighted by atomic mass is 16.5. The maximum Gasteiger partial charge on any atom is 0.0898 e. The lowest BCUT2D eigenvalue weighted by molar-refractivity contribution is -0.0481. The molecule has 0 aromatic heterocycles. The van der Waals surface area contributed by atoms with Crippen LogP contribution in [0.5, 0.6) is 0 Å². The third kappa shape index (κ3) is 8.72. The molecule has 0 saturated heterocycles. The quantitative estimate of drug-likeness (QED) is 0.648. The summed E-state index contributed by atoms with van der Waals surface area (Å²) in [6.45, 7) is 8.80. The number of ether oxygens (including phenoxy) is 1. The standard InChI is InChI=1S/C13H25NO2/c1-6-8-11(7-2)14-9-12(15)10-16-13(3,4)5/h2,11-12,14-15H,6,8-10H2,1,3-5H3. The molecule has 0 amide bonds. The molecule has 0 spiro atoms. The van der Waals surface area contributed by atoms with Crippen LogP contribution >= 0.6 is 0 Å². The van der Waals surface area contributed by atoms with Gasteiger partial charge in [-0.1, -0.05) is 19.3 Å². The van der Waals surface area contributed by atoms with Gasteiger partial charge in [0.25, 0.3) is 0 Å². The normalized spacial score (nSPS) is 15.5. The van der Waals surface area contributed by atoms with E-state index < -0.39 is 6.10 Å². The fraction of sp³-hybridized carbons (Fsp3) is 0.846. The second-order valence-corrected chi connectivity index (χ2v) is 4.99. The maximum atomic E-state index is 9.67. The van der Waals surface area contributed by atoms with Crippen LogP contribution in [-0.4, -0.2) is 36.0 Å². The van der Waals surface area contributed by atoms with Gasteiger partial charge in [-0.2, -0.15) is 0 Å². The van der Waals surface area contributed by atoms with E-state index in [0.717, 1.165) is 12.8 Å². The van der Waals surface area contributed by atoms with Crippen molar-refractivity contribution in [3.05, 3.63) is 0 Å². The summed E-state index contributed by atoms with van der Waals surface area (Å²) in [4.78, 5) is 0. The summed E-state index contributed by atoms with van der Waals surface area (Å²) in [5.74, 6) is 2.67. The summed E-state index contributed by atoms with van der Waals surface area (Å²) in [6.07, 6.45) is 6.83. The molecule has 3 nitrogen and oxygen atoms in total. The molecule has 3 heteroatoms. The first-order chi connectivity index (χ1) is 7.39. The van der Waals surface area contributed by atoms with Gasteiger partial charge in [0.2, 0.25) is 0 Å². The first kappa shape index (κ1) is 15.4. The summed E-state index contributed by atoms with van der Waals surface area (Å²) in [5.41, 5.74) is -0.212. The minimum absolute atomic E-state index is 0.0503. The predicted molar refractivity (Wildman–Crippen MR) is 67.2 cm³/mol. The zero-order chi connectivity index (χ0) is 12.6. The molecular weight excluding hydrogens is 202 g/mol. The van der Waals surface area contributed by atoms with Crippen molar-refractivity contribution in [2.45, 2.75) is 58.3 Å². The lowest BCUT2D eigenvalue weighted by Crippen LogP contribution is -2.38. The van der Waals surface area contributed by atoms with Crippen LogP contribution in [0.3, 0.4) is 0 Å². The summed E-state index contributed by atoms with van der Waals surface area (Å²) >= 11 is 0. The average molecular weight is 227 g/mol. The van der Waals surface area contributed by atoms with Gasteiger partial charge in [-0.25, -0.2) is 0 Å². The zero-order valence-electron chi connectivity index (χ0n) is 10.9. The number of hydrogen-bond acceptors (Lipinski definition) is 3. The van der Waals surface area contributed by atoms with Gasteiger partial charge in [-0.3, -0.25) is 0 Å². The number of aliphatic hydroxyl groups excluding tert-OH is 1. The van der Waals surface area contributed by atoms with Gasteiger partial charge in [0.15, 0.2) is 0 Å². The average Bonchev–Trinajstić information content (AvgIpc) is 2.20. The molecule has 94 valence electrons. The van der Waals surface area contributed by atoms with Crippen molar-refractivity contribution in [1.82, 2.24) is 5.32 Å². The second-order valence-electron chi connectivity index (χ2n) is 4.99. The molecule has 0 aliphatic heterocycles. The lowest BCUT2D eigenvalue weighted by Gasteiger charge is -2.22. The van der Waals surface area contributed by atoms with Crippen molar-refractivity contribution in [2.24, 2.45) is 0 Å². The third-order valence-electron chi connectivity index (χ3n) is 2.09. The molecular formula is C13H25NO2. The number of hydrogen-bond donors (Lipinski definition) is 2. The van der Waals surface area contributed by atoms with Crippen LogP contribution in [0.15, 0.2) is 0 Å². The third-order valence-corrected chi connectivity index (χ3v) is 2.09. The molecule has 2 unspecified atom stereocenters. The van der Waals surface area contributed by atoms with E-state index in [2.05, 4.69) is 18.2 Å². The lowest BCUT2D eigenvalue weighted by atomic mass is 10.1. The van der Waals surface area contributed by atoms with Crippen LogP contribution in [0.1, 0.15) is 40.5 Å². The number of terminal acetylenes is 1. The minimum atomic E-state index is -0.507. The van der Waals surface area contributed by atoms with E-state index in [1.54, 1.807) is 0 Å². The van der Waals surface area contributed by atoms with Crippen molar-refractivity contribution in [3.8, 4) is 12.3 Å². The Morgan fingerprint density at radius 3 is 2.50 bits per heavy atom. The van der Waals surface area contributed by atoms with Gasteiger partial charge in [0, 0.05) is 6.54 Å². The molecule has 2 N–H and O–H groups in total. The first-order valence-electron chi connectivity index (χ1n) is 5.90. The van der Waals surface area contributed by atoms with Crippen molar-refractivity contribution in [1.29, 1.82) is 0 Å².